The fraction of sp³-hybridized carbons (Fsp3) is 0.322. The number of hydrogen-bond acceptors (Lipinski definition) is 14. The highest BCUT2D eigenvalue weighted by Gasteiger charge is 2.27. The maximum atomic E-state index is 13.6. The second kappa shape index (κ2) is 26.3. The minimum atomic E-state index is -3.90. The largest absolute Gasteiger partial charge is 0.494 e. The van der Waals surface area contributed by atoms with Crippen molar-refractivity contribution in [1.29, 1.82) is 0 Å². The van der Waals surface area contributed by atoms with Gasteiger partial charge in [0.1, 0.15) is 11.5 Å². The van der Waals surface area contributed by atoms with Crippen LogP contribution < -0.4 is 14.8 Å². The Bertz CT molecular complexity index is 3740. The van der Waals surface area contributed by atoms with Crippen LogP contribution in [-0.4, -0.2) is 116 Å². The summed E-state index contributed by atoms with van der Waals surface area (Å²) in [6.45, 7) is 10.5. The fourth-order valence-corrected chi connectivity index (χ4v) is 13.5. The van der Waals surface area contributed by atoms with Crippen molar-refractivity contribution in [3.8, 4) is 11.5 Å². The van der Waals surface area contributed by atoms with Gasteiger partial charge in [-0.15, -0.1) is 0 Å². The van der Waals surface area contributed by atoms with Crippen molar-refractivity contribution in [1.82, 2.24) is 30.6 Å². The number of benzene rings is 7. The maximum absolute atomic E-state index is 13.6. The van der Waals surface area contributed by atoms with Crippen molar-refractivity contribution in [3.05, 3.63) is 151 Å². The lowest BCUT2D eigenvalue weighted by atomic mass is 10.1. The summed E-state index contributed by atoms with van der Waals surface area (Å²) in [6, 6.07) is 42.0. The van der Waals surface area contributed by atoms with Gasteiger partial charge in [0, 0.05) is 47.7 Å². The number of fused-ring (bicyclic) bond motifs is 4. The number of likely N-dealkylation sites (tertiary alicyclic amines) is 1. The van der Waals surface area contributed by atoms with E-state index in [1.54, 1.807) is 78.9 Å². The van der Waals surface area contributed by atoms with Crippen LogP contribution in [0, 0.1) is 6.92 Å². The number of nitrogens with zero attached hydrogens (tertiary/aromatic N) is 3. The van der Waals surface area contributed by atoms with Gasteiger partial charge in [-0.3, -0.25) is 14.4 Å². The molecule has 3 aliphatic rings. The zero-order valence-corrected chi connectivity index (χ0v) is 46.2. The molecule has 410 valence electrons. The van der Waals surface area contributed by atoms with Gasteiger partial charge in [-0.2, -0.15) is 18.6 Å². The summed E-state index contributed by atoms with van der Waals surface area (Å²) >= 11 is 0. The first-order chi connectivity index (χ1) is 37.9. The van der Waals surface area contributed by atoms with Gasteiger partial charge in [0.15, 0.2) is 10.1 Å². The highest BCUT2D eigenvalue weighted by molar-refractivity contribution is 7.92. The van der Waals surface area contributed by atoms with Gasteiger partial charge >= 0.3 is 0 Å². The molecule has 2 aromatic heterocycles. The van der Waals surface area contributed by atoms with Crippen LogP contribution in [0.5, 0.6) is 11.5 Å². The number of hydrogen-bond donors (Lipinski definition) is 3. The van der Waals surface area contributed by atoms with E-state index in [2.05, 4.69) is 30.6 Å². The molecule has 12 rings (SSSR count). The van der Waals surface area contributed by atoms with Gasteiger partial charge in [-0.05, 0) is 149 Å². The van der Waals surface area contributed by atoms with E-state index in [0.717, 1.165) is 42.5 Å². The second-order valence-corrected chi connectivity index (χ2v) is 24.6. The molecule has 0 aliphatic carbocycles. The van der Waals surface area contributed by atoms with Crippen molar-refractivity contribution in [2.45, 2.75) is 83.0 Å². The topological polar surface area (TPSA) is 212 Å². The van der Waals surface area contributed by atoms with E-state index in [4.69, 9.17) is 18.4 Å². The molecule has 3 N–H and O–H groups in total. The Balaban J connectivity index is 0.000000162. The zero-order valence-electron chi connectivity index (χ0n) is 43.7. The summed E-state index contributed by atoms with van der Waals surface area (Å²) in [5, 5.41) is 21.1. The SMILES string of the molecule is C1CCNC1.C1CCOC1.Cc1ccc(S(=O)(=O)OCCCOc2ccc3n[nH]c(S(=O)(=O)c4cccc5ccccc45)c3c2)cc1.O=S(=O)(c1cccc2ccccc12)c1[nH]nc2ccc(OCCCN3CCCC3)cc12. The van der Waals surface area contributed by atoms with Crippen molar-refractivity contribution >= 4 is 73.1 Å². The molecule has 0 radical (unpaired) electrons. The standard InChI is InChI=1S/C27H24N2O6S2.C24H25N3O3S.C4H9N.C4H8O/c1-19-10-13-22(14-11-19)37(32,33)35-17-5-16-34-21-12-15-25-24(18-21)27(29-28-25)36(30,31)26-9-4-7-20-6-2-3-8-23(20)26;28-31(29,23-10-5-8-18-7-1-2-9-20(18)23)24-21-17-19(11-12-22(21)25-26-24)30-16-6-15-27-13-3-4-14-27;2*1-2-4-5-3-1/h2-4,6-15,18H,5,16-17H2,1H3,(H,28,29);1-2,5,7-12,17H,3-4,6,13-16H2,(H,25,26);5H,1-4H2;1-4H2. The third kappa shape index (κ3) is 13.9. The van der Waals surface area contributed by atoms with E-state index in [1.165, 1.54) is 76.8 Å². The predicted molar refractivity (Wildman–Crippen MR) is 303 cm³/mol. The summed E-state index contributed by atoms with van der Waals surface area (Å²) in [5.41, 5.74) is 2.04. The van der Waals surface area contributed by atoms with Crippen molar-refractivity contribution < 1.29 is 43.6 Å². The molecule has 3 aliphatic heterocycles. The number of H-pyrrole nitrogens is 2. The molecule has 7 aromatic carbocycles. The maximum Gasteiger partial charge on any atom is 0.296 e. The second-order valence-electron chi connectivity index (χ2n) is 19.2. The van der Waals surface area contributed by atoms with Crippen LogP contribution >= 0.6 is 0 Å². The molecule has 0 bridgehead atoms. The minimum absolute atomic E-state index is 0.0168. The summed E-state index contributed by atoms with van der Waals surface area (Å²) < 4.78 is 101. The van der Waals surface area contributed by atoms with Gasteiger partial charge in [0.2, 0.25) is 19.7 Å². The van der Waals surface area contributed by atoms with E-state index in [9.17, 15) is 25.3 Å². The zero-order chi connectivity index (χ0) is 54.4. The molecule has 19 heteroatoms. The normalized spacial score (nSPS) is 14.9. The first kappa shape index (κ1) is 56.0. The molecular formula is C59H66N6O10S3. The molecule has 16 nitrogen and oxygen atoms in total. The lowest BCUT2D eigenvalue weighted by molar-refractivity contribution is 0.198. The number of aromatic amines is 2. The number of aromatic nitrogens is 4. The average Bonchev–Trinajstić information content (AvgIpc) is 4.44. The number of ether oxygens (including phenoxy) is 3. The Hall–Kier alpha value is -6.71. The van der Waals surface area contributed by atoms with Crippen molar-refractivity contribution in [3.63, 3.8) is 0 Å². The highest BCUT2D eigenvalue weighted by Crippen LogP contribution is 2.34. The Labute approximate surface area is 456 Å². The van der Waals surface area contributed by atoms with E-state index in [-0.39, 0.29) is 38.0 Å². The Morgan fingerprint density at radius 3 is 1.51 bits per heavy atom. The molecule has 0 amide bonds. The van der Waals surface area contributed by atoms with Gasteiger partial charge in [0.25, 0.3) is 10.1 Å². The third-order valence-corrected chi connectivity index (χ3v) is 18.5. The fourth-order valence-electron chi connectivity index (χ4n) is 9.41. The van der Waals surface area contributed by atoms with Crippen LogP contribution in [0.3, 0.4) is 0 Å². The third-order valence-electron chi connectivity index (χ3n) is 13.6. The van der Waals surface area contributed by atoms with Crippen LogP contribution in [0.2, 0.25) is 0 Å². The highest BCUT2D eigenvalue weighted by atomic mass is 32.2. The molecule has 3 saturated heterocycles. The monoisotopic (exact) mass is 1110 g/mol. The van der Waals surface area contributed by atoms with E-state index in [0.29, 0.717) is 57.1 Å². The number of nitrogens with one attached hydrogen (secondary N) is 3. The molecular weight excluding hydrogens is 1050 g/mol. The Morgan fingerprint density at radius 1 is 0.526 bits per heavy atom. The van der Waals surface area contributed by atoms with E-state index >= 15 is 0 Å². The van der Waals surface area contributed by atoms with Gasteiger partial charge in [-0.1, -0.05) is 90.5 Å². The van der Waals surface area contributed by atoms with E-state index in [1.807, 2.05) is 61.5 Å². The first-order valence-corrected chi connectivity index (χ1v) is 30.9. The van der Waals surface area contributed by atoms with Crippen molar-refractivity contribution in [2.24, 2.45) is 0 Å². The number of rotatable bonds is 16. The smallest absolute Gasteiger partial charge is 0.296 e. The van der Waals surface area contributed by atoms with Gasteiger partial charge < -0.3 is 24.4 Å². The first-order valence-electron chi connectivity index (χ1n) is 26.5. The molecule has 78 heavy (non-hydrogen) atoms. The number of aryl methyl sites for hydroxylation is 1. The quantitative estimate of drug-likeness (QED) is 0.0607. The lowest BCUT2D eigenvalue weighted by Crippen LogP contribution is -2.21. The van der Waals surface area contributed by atoms with Crippen molar-refractivity contribution in [2.75, 3.05) is 65.8 Å². The molecule has 0 atom stereocenters. The predicted octanol–water partition coefficient (Wildman–Crippen LogP) is 10.6. The molecule has 9 aromatic rings. The average molecular weight is 1120 g/mol. The Morgan fingerprint density at radius 2 is 1.03 bits per heavy atom. The summed E-state index contributed by atoms with van der Waals surface area (Å²) in [4.78, 5) is 3.02. The summed E-state index contributed by atoms with van der Waals surface area (Å²) in [5.74, 6) is 1.09. The minimum Gasteiger partial charge on any atom is -0.494 e. The number of sulfone groups is 2. The molecule has 3 fully saturated rings. The van der Waals surface area contributed by atoms with Gasteiger partial charge in [-0.25, -0.2) is 16.8 Å². The van der Waals surface area contributed by atoms with Crippen LogP contribution in [0.4, 0.5) is 0 Å². The molecule has 5 heterocycles. The Kier molecular flexibility index (Phi) is 18.9. The molecule has 0 spiro atoms. The van der Waals surface area contributed by atoms with Crippen LogP contribution in [0.1, 0.15) is 56.9 Å². The van der Waals surface area contributed by atoms with Crippen LogP contribution in [0.15, 0.2) is 170 Å². The van der Waals surface area contributed by atoms with E-state index < -0.39 is 29.8 Å². The van der Waals surface area contributed by atoms with Gasteiger partial charge in [0.05, 0.1) is 45.5 Å². The van der Waals surface area contributed by atoms with Crippen LogP contribution in [0.25, 0.3) is 43.4 Å². The molecule has 0 saturated carbocycles. The summed E-state index contributed by atoms with van der Waals surface area (Å²) in [6.07, 6.45) is 9.16. The lowest BCUT2D eigenvalue weighted by Gasteiger charge is -2.14. The van der Waals surface area contributed by atoms with Crippen LogP contribution in [-0.2, 0) is 38.7 Å². The molecule has 0 unspecified atom stereocenters. The summed E-state index contributed by atoms with van der Waals surface area (Å²) in [7, 11) is -11.5.